The molecule has 94 valence electrons. The predicted molar refractivity (Wildman–Crippen MR) is 86.2 cm³/mol. The maximum Gasteiger partial charge on any atom is 0.00989 e. The summed E-state index contributed by atoms with van der Waals surface area (Å²) in [6, 6.07) is 0. The van der Waals surface area contributed by atoms with Crippen molar-refractivity contribution in [2.75, 3.05) is 4.43 Å². The van der Waals surface area contributed by atoms with Gasteiger partial charge in [-0.25, -0.2) is 0 Å². The van der Waals surface area contributed by atoms with Crippen LogP contribution in [0.4, 0.5) is 0 Å². The van der Waals surface area contributed by atoms with Crippen molar-refractivity contribution in [1.82, 2.24) is 0 Å². The Hall–Kier alpha value is -0.410. The third-order valence-electron chi connectivity index (χ3n) is 2.33. The first-order chi connectivity index (χ1) is 8.41. The van der Waals surface area contributed by atoms with Crippen LogP contribution in [0.5, 0.6) is 0 Å². The van der Waals surface area contributed by atoms with Gasteiger partial charge in [0.1, 0.15) is 0 Å². The number of hydrogen-bond donors (Lipinski definition) is 0. The van der Waals surface area contributed by atoms with Gasteiger partial charge in [-0.3, -0.25) is 0 Å². The maximum absolute atomic E-state index is 3.08. The Morgan fingerprint density at radius 3 is 2.65 bits per heavy atom. The molecule has 0 aliphatic heterocycles. The molecule has 0 aromatic heterocycles. The predicted octanol–water partition coefficient (Wildman–Crippen LogP) is 5.13. The quantitative estimate of drug-likeness (QED) is 0.248. The summed E-state index contributed by atoms with van der Waals surface area (Å²) < 4.78 is 1.27. The molecule has 1 heteroatoms. The highest BCUT2D eigenvalue weighted by Crippen LogP contribution is 2.02. The van der Waals surface area contributed by atoms with Crippen molar-refractivity contribution in [3.05, 3.63) is 12.2 Å². The van der Waals surface area contributed by atoms with Gasteiger partial charge in [-0.05, 0) is 48.0 Å². The lowest BCUT2D eigenvalue weighted by Gasteiger charge is -1.91. The second kappa shape index (κ2) is 15.6. The summed E-state index contributed by atoms with van der Waals surface area (Å²) >= 11 is 2.43. The summed E-state index contributed by atoms with van der Waals surface area (Å²) in [5.41, 5.74) is 0. The van der Waals surface area contributed by atoms with Gasteiger partial charge in [0.25, 0.3) is 0 Å². The topological polar surface area (TPSA) is 0 Å². The number of unbranched alkanes of at least 4 members (excludes halogenated alkanes) is 6. The molecule has 0 bridgehead atoms. The highest BCUT2D eigenvalue weighted by Gasteiger charge is 1.83. The first-order valence-corrected chi connectivity index (χ1v) is 8.13. The van der Waals surface area contributed by atoms with Crippen LogP contribution in [0.3, 0.4) is 0 Å². The summed E-state index contributed by atoms with van der Waals surface area (Å²) in [5, 5.41) is 0. The van der Waals surface area contributed by atoms with Crippen LogP contribution in [0.15, 0.2) is 12.2 Å². The number of hydrogen-bond acceptors (Lipinski definition) is 0. The van der Waals surface area contributed by atoms with Crippen LogP contribution >= 0.6 is 22.6 Å². The van der Waals surface area contributed by atoms with E-state index < -0.39 is 0 Å². The van der Waals surface area contributed by atoms with Crippen LogP contribution < -0.4 is 0 Å². The van der Waals surface area contributed by atoms with Gasteiger partial charge in [0.15, 0.2) is 0 Å². The third kappa shape index (κ3) is 15.6. The van der Waals surface area contributed by atoms with Gasteiger partial charge < -0.3 is 0 Å². The van der Waals surface area contributed by atoms with Crippen LogP contribution in [0.1, 0.15) is 58.3 Å². The maximum atomic E-state index is 3.08. The smallest absolute Gasteiger partial charge is 0.00989 e. The van der Waals surface area contributed by atoms with Crippen molar-refractivity contribution in [3.63, 3.8) is 0 Å². The normalized spacial score (nSPS) is 9.53. The lowest BCUT2D eigenvalue weighted by molar-refractivity contribution is 0.737. The molecule has 0 atom stereocenters. The van der Waals surface area contributed by atoms with E-state index in [1.165, 1.54) is 43.0 Å². The Labute approximate surface area is 121 Å². The zero-order chi connectivity index (χ0) is 12.6. The van der Waals surface area contributed by atoms with Crippen molar-refractivity contribution in [3.8, 4) is 23.7 Å². The summed E-state index contributed by atoms with van der Waals surface area (Å²) in [7, 11) is 0. The van der Waals surface area contributed by atoms with Gasteiger partial charge in [0.2, 0.25) is 0 Å². The van der Waals surface area contributed by atoms with Crippen LogP contribution in [0.25, 0.3) is 0 Å². The van der Waals surface area contributed by atoms with Crippen molar-refractivity contribution < 1.29 is 0 Å². The summed E-state index contributed by atoms with van der Waals surface area (Å²) in [6.45, 7) is 2.21. The molecule has 0 fully saturated rings. The lowest BCUT2D eigenvalue weighted by Crippen LogP contribution is -1.75. The summed E-state index contributed by atoms with van der Waals surface area (Å²) in [6.07, 6.45) is 13.9. The molecule has 0 radical (unpaired) electrons. The van der Waals surface area contributed by atoms with Gasteiger partial charge in [-0.2, -0.15) is 0 Å². The monoisotopic (exact) mass is 342 g/mol. The van der Waals surface area contributed by atoms with Crippen molar-refractivity contribution >= 4 is 22.6 Å². The Morgan fingerprint density at radius 1 is 1.00 bits per heavy atom. The van der Waals surface area contributed by atoms with Crippen LogP contribution in [0.2, 0.25) is 0 Å². The van der Waals surface area contributed by atoms with Crippen molar-refractivity contribution in [1.29, 1.82) is 0 Å². The molecule has 0 saturated heterocycles. The molecule has 0 aromatic rings. The molecule has 0 nitrogen and oxygen atoms in total. The second-order valence-electron chi connectivity index (χ2n) is 3.97. The van der Waals surface area contributed by atoms with Crippen LogP contribution in [0, 0.1) is 23.7 Å². The molecular formula is C16H23I. The summed E-state index contributed by atoms with van der Waals surface area (Å²) in [5.74, 6) is 11.8. The number of allylic oxidation sites excluding steroid dienone is 2. The first kappa shape index (κ1) is 16.6. The van der Waals surface area contributed by atoms with Gasteiger partial charge in [-0.15, -0.1) is 0 Å². The van der Waals surface area contributed by atoms with Crippen molar-refractivity contribution in [2.24, 2.45) is 0 Å². The highest BCUT2D eigenvalue weighted by atomic mass is 127. The van der Waals surface area contributed by atoms with Gasteiger partial charge in [0, 0.05) is 6.42 Å². The summed E-state index contributed by atoms with van der Waals surface area (Å²) in [4.78, 5) is 0. The first-order valence-electron chi connectivity index (χ1n) is 6.61. The van der Waals surface area contributed by atoms with Gasteiger partial charge >= 0.3 is 0 Å². The van der Waals surface area contributed by atoms with Crippen molar-refractivity contribution in [2.45, 2.75) is 58.3 Å². The van der Waals surface area contributed by atoms with E-state index in [9.17, 15) is 0 Å². The van der Waals surface area contributed by atoms with E-state index in [1.807, 2.05) is 6.08 Å². The SMILES string of the molecule is CCCCCC#CC#CC=CCCCCCI. The molecular weight excluding hydrogens is 319 g/mol. The molecule has 0 unspecified atom stereocenters. The fraction of sp³-hybridized carbons (Fsp3) is 0.625. The number of rotatable bonds is 8. The minimum absolute atomic E-state index is 0.989. The zero-order valence-corrected chi connectivity index (χ0v) is 13.1. The number of alkyl halides is 1. The lowest BCUT2D eigenvalue weighted by atomic mass is 10.2. The average Bonchev–Trinajstić information content (AvgIpc) is 2.35. The van der Waals surface area contributed by atoms with Crippen LogP contribution in [-0.2, 0) is 0 Å². The largest absolute Gasteiger partial charge is 0.0891 e. The van der Waals surface area contributed by atoms with E-state index >= 15 is 0 Å². The third-order valence-corrected chi connectivity index (χ3v) is 3.10. The molecule has 0 amide bonds. The van der Waals surface area contributed by atoms with E-state index in [1.54, 1.807) is 0 Å². The molecule has 0 aromatic carbocycles. The second-order valence-corrected chi connectivity index (χ2v) is 5.05. The Morgan fingerprint density at radius 2 is 1.88 bits per heavy atom. The molecule has 17 heavy (non-hydrogen) atoms. The molecule has 0 saturated carbocycles. The zero-order valence-electron chi connectivity index (χ0n) is 10.9. The molecule has 0 N–H and O–H groups in total. The van der Waals surface area contributed by atoms with E-state index in [2.05, 4.69) is 59.3 Å². The molecule has 0 rings (SSSR count). The van der Waals surface area contributed by atoms with Gasteiger partial charge in [0.05, 0.1) is 0 Å². The minimum Gasteiger partial charge on any atom is -0.0891 e. The van der Waals surface area contributed by atoms with E-state index in [4.69, 9.17) is 0 Å². The Balaban J connectivity index is 3.42. The molecule has 0 heterocycles. The molecule has 0 aliphatic rings. The van der Waals surface area contributed by atoms with E-state index in [-0.39, 0.29) is 0 Å². The minimum atomic E-state index is 0.989. The molecule has 0 aliphatic carbocycles. The Kier molecular flexibility index (Phi) is 15.2. The van der Waals surface area contributed by atoms with Crippen LogP contribution in [-0.4, -0.2) is 4.43 Å². The standard InChI is InChI=1S/C16H23I/c1-2-3-4-5-6-7-8-9-10-11-12-13-14-15-16-17/h10-11H,2-5,12-16H2,1H3. The fourth-order valence-corrected chi connectivity index (χ4v) is 1.86. The number of halogens is 1. The Bertz CT molecular complexity index is 293. The fourth-order valence-electron chi connectivity index (χ4n) is 1.32. The molecule has 0 spiro atoms. The highest BCUT2D eigenvalue weighted by molar-refractivity contribution is 14.1. The van der Waals surface area contributed by atoms with Gasteiger partial charge in [-0.1, -0.05) is 66.7 Å². The average molecular weight is 342 g/mol. The van der Waals surface area contributed by atoms with E-state index in [0.717, 1.165) is 12.8 Å². The van der Waals surface area contributed by atoms with E-state index in [0.29, 0.717) is 0 Å².